The largest absolute Gasteiger partial charge is 0.347 e. The quantitative estimate of drug-likeness (QED) is 0.554. The molecule has 0 aliphatic carbocycles. The van der Waals surface area contributed by atoms with Gasteiger partial charge >= 0.3 is 0 Å². The van der Waals surface area contributed by atoms with E-state index in [1.54, 1.807) is 0 Å². The number of aromatic nitrogens is 2. The second kappa shape index (κ2) is 3.76. The van der Waals surface area contributed by atoms with Crippen LogP contribution in [0, 0.1) is 13.0 Å². The second-order valence-electron chi connectivity index (χ2n) is 3.43. The molecule has 1 radical (unpaired) electrons. The van der Waals surface area contributed by atoms with Gasteiger partial charge in [0.15, 0.2) is 0 Å². The average molecular weight is 373 g/mol. The van der Waals surface area contributed by atoms with Crippen LogP contribution >= 0.6 is 0 Å². The zero-order valence-electron chi connectivity index (χ0n) is 8.19. The maximum atomic E-state index is 4.32. The number of pyridine rings is 1. The molecule has 0 saturated carbocycles. The normalized spacial score (nSPS) is 10.5. The zero-order chi connectivity index (χ0) is 9.54. The molecule has 1 aromatic carbocycles. The smallest absolute Gasteiger partial charge is 0.0603 e. The van der Waals surface area contributed by atoms with Crippen molar-refractivity contribution >= 4 is 16.4 Å². The fourth-order valence-electron chi connectivity index (χ4n) is 1.84. The van der Waals surface area contributed by atoms with Crippen LogP contribution < -0.4 is 0 Å². The van der Waals surface area contributed by atoms with Crippen LogP contribution in [0.2, 0.25) is 0 Å². The van der Waals surface area contributed by atoms with Gasteiger partial charge in [0.05, 0.1) is 5.65 Å². The summed E-state index contributed by atoms with van der Waals surface area (Å²) in [7, 11) is 0. The maximum Gasteiger partial charge on any atom is 0.0603 e. The summed E-state index contributed by atoms with van der Waals surface area (Å²) in [5.74, 6) is 0. The molecule has 0 N–H and O–H groups in total. The molecule has 0 amide bonds. The molecule has 0 atom stereocenters. The summed E-state index contributed by atoms with van der Waals surface area (Å²) in [6, 6.07) is 9.28. The Morgan fingerprint density at radius 2 is 2.27 bits per heavy atom. The Bertz CT molecular complexity index is 613. The van der Waals surface area contributed by atoms with Crippen LogP contribution in [-0.4, -0.2) is 9.38 Å². The Kier molecular flexibility index (Phi) is 2.59. The molecule has 0 bridgehead atoms. The summed E-state index contributed by atoms with van der Waals surface area (Å²) < 4.78 is 2.04. The third-order valence-electron chi connectivity index (χ3n) is 2.51. The van der Waals surface area contributed by atoms with Crippen LogP contribution in [0.3, 0.4) is 0 Å². The predicted octanol–water partition coefficient (Wildman–Crippen LogP) is 2.59. The van der Waals surface area contributed by atoms with Gasteiger partial charge in [0.1, 0.15) is 0 Å². The first-order chi connectivity index (χ1) is 6.86. The summed E-state index contributed by atoms with van der Waals surface area (Å²) in [5.41, 5.74) is 2.23. The minimum atomic E-state index is 0. The standard InChI is InChI=1S/C12H9N2.Ir/c1-9-8-14-7-6-13-12(14)11-5-3-2-4-10(9)11;/h2-4,6-8H,1H3;/q-1;. The number of nitrogens with zero attached hydrogens (tertiary/aromatic N) is 2. The van der Waals surface area contributed by atoms with E-state index in [0.717, 1.165) is 11.0 Å². The molecule has 3 aromatic rings. The Morgan fingerprint density at radius 3 is 3.13 bits per heavy atom. The molecule has 3 heteroatoms. The van der Waals surface area contributed by atoms with Crippen molar-refractivity contribution in [3.8, 4) is 0 Å². The van der Waals surface area contributed by atoms with Gasteiger partial charge in [-0.1, -0.05) is 5.56 Å². The van der Waals surface area contributed by atoms with Gasteiger partial charge < -0.3 is 4.40 Å². The third-order valence-corrected chi connectivity index (χ3v) is 2.51. The van der Waals surface area contributed by atoms with Gasteiger partial charge in [-0.2, -0.15) is 0 Å². The van der Waals surface area contributed by atoms with E-state index in [1.807, 2.05) is 28.9 Å². The Balaban J connectivity index is 0.000000853. The number of fused-ring (bicyclic) bond motifs is 3. The monoisotopic (exact) mass is 374 g/mol. The molecule has 0 aliphatic rings. The van der Waals surface area contributed by atoms with Crippen molar-refractivity contribution in [2.45, 2.75) is 6.92 Å². The number of aryl methyl sites for hydroxylation is 1. The van der Waals surface area contributed by atoms with Crippen LogP contribution in [0.4, 0.5) is 0 Å². The summed E-state index contributed by atoms with van der Waals surface area (Å²) in [6.45, 7) is 2.11. The van der Waals surface area contributed by atoms with Crippen molar-refractivity contribution in [2.24, 2.45) is 0 Å². The summed E-state index contributed by atoms with van der Waals surface area (Å²) in [6.07, 6.45) is 5.87. The van der Waals surface area contributed by atoms with E-state index in [4.69, 9.17) is 0 Å². The number of hydrogen-bond donors (Lipinski definition) is 0. The molecule has 0 saturated heterocycles. The molecule has 0 unspecified atom stereocenters. The Hall–Kier alpha value is -1.18. The summed E-state index contributed by atoms with van der Waals surface area (Å²) in [4.78, 5) is 4.32. The molecule has 2 aromatic heterocycles. The van der Waals surface area contributed by atoms with E-state index in [9.17, 15) is 0 Å². The van der Waals surface area contributed by atoms with Gasteiger partial charge in [-0.25, -0.2) is 0 Å². The molecular weight excluding hydrogens is 364 g/mol. The van der Waals surface area contributed by atoms with E-state index in [1.165, 1.54) is 10.9 Å². The fraction of sp³-hybridized carbons (Fsp3) is 0.0833. The van der Waals surface area contributed by atoms with E-state index >= 15 is 0 Å². The molecule has 0 spiro atoms. The van der Waals surface area contributed by atoms with Crippen LogP contribution in [0.25, 0.3) is 16.4 Å². The number of imidazole rings is 1. The van der Waals surface area contributed by atoms with Crippen molar-refractivity contribution in [2.75, 3.05) is 0 Å². The molecule has 15 heavy (non-hydrogen) atoms. The minimum absolute atomic E-state index is 0. The molecule has 0 fully saturated rings. The fourth-order valence-corrected chi connectivity index (χ4v) is 1.84. The number of benzene rings is 1. The predicted molar refractivity (Wildman–Crippen MR) is 56.3 cm³/mol. The molecule has 2 nitrogen and oxygen atoms in total. The van der Waals surface area contributed by atoms with Gasteiger partial charge in [-0.15, -0.1) is 35.0 Å². The van der Waals surface area contributed by atoms with Gasteiger partial charge in [-0.05, 0) is 13.1 Å². The second-order valence-corrected chi connectivity index (χ2v) is 3.43. The first-order valence-electron chi connectivity index (χ1n) is 4.59. The van der Waals surface area contributed by atoms with Gasteiger partial charge in [0.2, 0.25) is 0 Å². The van der Waals surface area contributed by atoms with Crippen molar-refractivity contribution in [1.82, 2.24) is 9.38 Å². The van der Waals surface area contributed by atoms with Crippen LogP contribution in [0.15, 0.2) is 36.8 Å². The number of rotatable bonds is 0. The van der Waals surface area contributed by atoms with Gasteiger partial charge in [-0.3, -0.25) is 4.98 Å². The summed E-state index contributed by atoms with van der Waals surface area (Å²) in [5, 5.41) is 2.32. The maximum absolute atomic E-state index is 4.32. The molecule has 0 aliphatic heterocycles. The Morgan fingerprint density at radius 1 is 1.40 bits per heavy atom. The van der Waals surface area contributed by atoms with E-state index in [0.29, 0.717) is 0 Å². The van der Waals surface area contributed by atoms with Crippen LogP contribution in [0.5, 0.6) is 0 Å². The van der Waals surface area contributed by atoms with E-state index in [2.05, 4.69) is 30.2 Å². The van der Waals surface area contributed by atoms with Crippen LogP contribution in [0.1, 0.15) is 5.56 Å². The SMILES string of the molecule is Cc1cn2ccnc2c2[c-]cccc12.[Ir]. The van der Waals surface area contributed by atoms with Crippen molar-refractivity contribution < 1.29 is 20.1 Å². The topological polar surface area (TPSA) is 17.3 Å². The van der Waals surface area contributed by atoms with Crippen LogP contribution in [-0.2, 0) is 20.1 Å². The average Bonchev–Trinajstić information content (AvgIpc) is 2.66. The van der Waals surface area contributed by atoms with Gasteiger partial charge in [0.25, 0.3) is 0 Å². The van der Waals surface area contributed by atoms with Crippen molar-refractivity contribution in [1.29, 1.82) is 0 Å². The first-order valence-corrected chi connectivity index (χ1v) is 4.59. The third kappa shape index (κ3) is 1.48. The van der Waals surface area contributed by atoms with E-state index in [-0.39, 0.29) is 20.1 Å². The number of hydrogen-bond acceptors (Lipinski definition) is 1. The van der Waals surface area contributed by atoms with E-state index < -0.39 is 0 Å². The molecule has 77 valence electrons. The van der Waals surface area contributed by atoms with Gasteiger partial charge in [0, 0.05) is 32.5 Å². The first kappa shape index (κ1) is 10.3. The van der Waals surface area contributed by atoms with Crippen molar-refractivity contribution in [3.05, 3.63) is 48.4 Å². The zero-order valence-corrected chi connectivity index (χ0v) is 10.6. The summed E-state index contributed by atoms with van der Waals surface area (Å²) >= 11 is 0. The molecule has 3 rings (SSSR count). The molecular formula is C12H9IrN2-. The van der Waals surface area contributed by atoms with Crippen molar-refractivity contribution in [3.63, 3.8) is 0 Å². The minimum Gasteiger partial charge on any atom is -0.347 e. The Labute approximate surface area is 101 Å². The molecule has 2 heterocycles.